The van der Waals surface area contributed by atoms with Crippen molar-refractivity contribution < 1.29 is 18.0 Å². The fourth-order valence-electron chi connectivity index (χ4n) is 2.68. The highest BCUT2D eigenvalue weighted by molar-refractivity contribution is 8.00. The van der Waals surface area contributed by atoms with Crippen molar-refractivity contribution in [2.75, 3.05) is 12.3 Å². The van der Waals surface area contributed by atoms with Crippen LogP contribution in [0.25, 0.3) is 0 Å². The number of nitrogens with zero attached hydrogens (tertiary/aromatic N) is 2. The number of alkyl halides is 4. The molecule has 2 rings (SSSR count). The topological polar surface area (TPSA) is 94.2 Å². The average molecular weight is 384 g/mol. The molecule has 4 atom stereocenters. The molecule has 0 spiro atoms. The number of nitriles is 1. The molecule has 134 valence electrons. The Hall–Kier alpha value is -0.990. The predicted octanol–water partition coefficient (Wildman–Crippen LogP) is 1.25. The van der Waals surface area contributed by atoms with Gasteiger partial charge in [0.05, 0.1) is 23.2 Å². The second kappa shape index (κ2) is 7.49. The number of nitrogens with one attached hydrogen (secondary N) is 2. The maximum absolute atomic E-state index is 13.0. The van der Waals surface area contributed by atoms with Crippen molar-refractivity contribution in [3.8, 4) is 6.07 Å². The number of hydrazine groups is 1. The number of hydrogen-bond donors (Lipinski definition) is 3. The number of halogens is 4. The van der Waals surface area contributed by atoms with Gasteiger partial charge in [-0.1, -0.05) is 0 Å². The zero-order valence-corrected chi connectivity index (χ0v) is 14.3. The van der Waals surface area contributed by atoms with Gasteiger partial charge in [-0.2, -0.15) is 18.4 Å². The Bertz CT molecular complexity index is 575. The molecule has 0 aromatic rings. The van der Waals surface area contributed by atoms with Crippen LogP contribution < -0.4 is 16.6 Å². The summed E-state index contributed by atoms with van der Waals surface area (Å²) in [7, 11) is 0. The first-order valence-electron chi connectivity index (χ1n) is 7.14. The molecule has 2 heterocycles. The van der Waals surface area contributed by atoms with Gasteiger partial charge in [0.15, 0.2) is 5.78 Å². The van der Waals surface area contributed by atoms with E-state index < -0.39 is 34.9 Å². The normalized spacial score (nSPS) is 32.0. The third-order valence-corrected chi connectivity index (χ3v) is 5.47. The molecule has 0 aliphatic carbocycles. The van der Waals surface area contributed by atoms with Gasteiger partial charge in [-0.3, -0.25) is 9.69 Å². The minimum absolute atomic E-state index is 0.0797. The second-order valence-electron chi connectivity index (χ2n) is 5.68. The first-order chi connectivity index (χ1) is 11.1. The van der Waals surface area contributed by atoms with Crippen LogP contribution in [0.4, 0.5) is 13.2 Å². The van der Waals surface area contributed by atoms with E-state index in [1.54, 1.807) is 11.0 Å². The highest BCUT2D eigenvalue weighted by atomic mass is 35.5. The summed E-state index contributed by atoms with van der Waals surface area (Å²) in [5, 5.41) is 8.20. The lowest BCUT2D eigenvalue weighted by Gasteiger charge is -2.39. The van der Waals surface area contributed by atoms with Crippen LogP contribution in [0.2, 0.25) is 0 Å². The van der Waals surface area contributed by atoms with E-state index in [1.807, 2.05) is 0 Å². The van der Waals surface area contributed by atoms with Gasteiger partial charge in [-0.05, 0) is 13.3 Å². The van der Waals surface area contributed by atoms with Crippen LogP contribution in [0.1, 0.15) is 13.3 Å². The molecule has 0 radical (unpaired) electrons. The van der Waals surface area contributed by atoms with Gasteiger partial charge >= 0.3 is 6.18 Å². The number of carbonyl (C=O) groups is 1. The average Bonchev–Trinajstić information content (AvgIpc) is 2.88. The summed E-state index contributed by atoms with van der Waals surface area (Å²) in [4.78, 5) is 13.5. The van der Waals surface area contributed by atoms with E-state index in [2.05, 4.69) is 10.9 Å². The molecule has 2 aliphatic rings. The summed E-state index contributed by atoms with van der Waals surface area (Å²) in [5.41, 5.74) is 10.6. The van der Waals surface area contributed by atoms with Crippen LogP contribution in [0.5, 0.6) is 0 Å². The van der Waals surface area contributed by atoms with Crippen molar-refractivity contribution in [1.29, 1.82) is 5.26 Å². The number of fused-ring (bicyclic) bond motifs is 1. The van der Waals surface area contributed by atoms with Crippen molar-refractivity contribution >= 4 is 29.1 Å². The summed E-state index contributed by atoms with van der Waals surface area (Å²) in [6.07, 6.45) is -4.93. The highest BCUT2D eigenvalue weighted by Crippen LogP contribution is 2.39. The zero-order valence-electron chi connectivity index (χ0n) is 12.7. The molecule has 2 fully saturated rings. The Morgan fingerprint density at radius 1 is 1.50 bits per heavy atom. The Morgan fingerprint density at radius 2 is 2.17 bits per heavy atom. The molecule has 0 aromatic carbocycles. The van der Waals surface area contributed by atoms with Crippen LogP contribution in [0.3, 0.4) is 0 Å². The molecule has 0 bridgehead atoms. The molecule has 4 unspecified atom stereocenters. The molecule has 2 saturated heterocycles. The smallest absolute Gasteiger partial charge is 0.393 e. The lowest BCUT2D eigenvalue weighted by atomic mass is 9.96. The van der Waals surface area contributed by atoms with E-state index in [4.69, 9.17) is 22.6 Å². The summed E-state index contributed by atoms with van der Waals surface area (Å²) in [6, 6.07) is 1.74. The number of Topliss-reactive ketones (excluding diaryl/α,β-unsaturated/α-hetero) is 1. The summed E-state index contributed by atoms with van der Waals surface area (Å²) in [6.45, 7) is 1.24. The van der Waals surface area contributed by atoms with Gasteiger partial charge in [0.1, 0.15) is 17.1 Å². The Labute approximate surface area is 146 Å². The van der Waals surface area contributed by atoms with Crippen LogP contribution in [-0.4, -0.2) is 46.2 Å². The maximum atomic E-state index is 13.0. The molecule has 2 aliphatic heterocycles. The molecule has 4 N–H and O–H groups in total. The fourth-order valence-corrected chi connectivity index (χ4v) is 4.11. The largest absolute Gasteiger partial charge is 0.401 e. The molecule has 24 heavy (non-hydrogen) atoms. The highest BCUT2D eigenvalue weighted by Gasteiger charge is 2.51. The SMILES string of the molecule is C/C(N)=C(/C#N)C(=O)CSC1NNC2C(Cl)CC(C(F)(F)F)CN12. The van der Waals surface area contributed by atoms with E-state index in [0.29, 0.717) is 0 Å². The van der Waals surface area contributed by atoms with E-state index in [-0.39, 0.29) is 30.0 Å². The first kappa shape index (κ1) is 19.3. The quantitative estimate of drug-likeness (QED) is 0.382. The monoisotopic (exact) mass is 383 g/mol. The lowest BCUT2D eigenvalue weighted by Crippen LogP contribution is -2.54. The van der Waals surface area contributed by atoms with Crippen molar-refractivity contribution in [2.45, 2.75) is 36.6 Å². The lowest BCUT2D eigenvalue weighted by molar-refractivity contribution is -0.188. The van der Waals surface area contributed by atoms with E-state index in [1.165, 1.54) is 6.92 Å². The van der Waals surface area contributed by atoms with Crippen LogP contribution in [-0.2, 0) is 4.79 Å². The standard InChI is InChI=1S/C13H17ClF3N5OS/c1-6(19)8(3-18)10(23)5-24-12-21-20-11-9(14)2-7(4-22(11)12)13(15,16)17/h7,9,11-12,20-21H,2,4-5,19H2,1H3/b8-6+. The summed E-state index contributed by atoms with van der Waals surface area (Å²) in [5.74, 6) is -2.05. The predicted molar refractivity (Wildman–Crippen MR) is 84.3 cm³/mol. The van der Waals surface area contributed by atoms with Crippen molar-refractivity contribution in [3.05, 3.63) is 11.3 Å². The summed E-state index contributed by atoms with van der Waals surface area (Å²) >= 11 is 7.16. The van der Waals surface area contributed by atoms with Crippen LogP contribution in [0, 0.1) is 17.2 Å². The third-order valence-electron chi connectivity index (χ3n) is 3.92. The number of hydrogen-bond acceptors (Lipinski definition) is 7. The molecule has 6 nitrogen and oxygen atoms in total. The van der Waals surface area contributed by atoms with Crippen LogP contribution >= 0.6 is 23.4 Å². The Balaban J connectivity index is 2.02. The van der Waals surface area contributed by atoms with Gasteiger partial charge < -0.3 is 5.73 Å². The van der Waals surface area contributed by atoms with Gasteiger partial charge in [0.25, 0.3) is 0 Å². The van der Waals surface area contributed by atoms with Crippen molar-refractivity contribution in [2.24, 2.45) is 11.7 Å². The molecule has 11 heteroatoms. The summed E-state index contributed by atoms with van der Waals surface area (Å²) < 4.78 is 39.0. The molecule has 0 amide bonds. The van der Waals surface area contributed by atoms with E-state index >= 15 is 0 Å². The Kier molecular flexibility index (Phi) is 6.04. The number of allylic oxidation sites excluding steroid dienone is 2. The second-order valence-corrected chi connectivity index (χ2v) is 7.31. The third kappa shape index (κ3) is 4.15. The maximum Gasteiger partial charge on any atom is 0.393 e. The van der Waals surface area contributed by atoms with Gasteiger partial charge in [0, 0.05) is 12.2 Å². The minimum Gasteiger partial charge on any atom is -0.401 e. The minimum atomic E-state index is -4.32. The number of thioether (sulfide) groups is 1. The van der Waals surface area contributed by atoms with Gasteiger partial charge in [-0.25, -0.2) is 10.9 Å². The number of rotatable bonds is 4. The van der Waals surface area contributed by atoms with Crippen LogP contribution in [0.15, 0.2) is 11.3 Å². The van der Waals surface area contributed by atoms with Crippen molar-refractivity contribution in [1.82, 2.24) is 15.8 Å². The van der Waals surface area contributed by atoms with Gasteiger partial charge in [0.2, 0.25) is 0 Å². The zero-order chi connectivity index (χ0) is 18.1. The first-order valence-corrected chi connectivity index (χ1v) is 8.62. The fraction of sp³-hybridized carbons (Fsp3) is 0.692. The molecular formula is C13H17ClF3N5OS. The van der Waals surface area contributed by atoms with E-state index in [0.717, 1.165) is 11.8 Å². The number of carbonyl (C=O) groups excluding carboxylic acids is 1. The number of nitrogens with two attached hydrogens (primary N) is 1. The van der Waals surface area contributed by atoms with Gasteiger partial charge in [-0.15, -0.1) is 23.4 Å². The van der Waals surface area contributed by atoms with E-state index in [9.17, 15) is 18.0 Å². The molecule has 0 aromatic heterocycles. The van der Waals surface area contributed by atoms with Crippen molar-refractivity contribution in [3.63, 3.8) is 0 Å². The molecular weight excluding hydrogens is 367 g/mol. The number of ketones is 1. The molecule has 0 saturated carbocycles. The Morgan fingerprint density at radius 3 is 2.71 bits per heavy atom. The number of piperidine rings is 1.